The van der Waals surface area contributed by atoms with Crippen molar-refractivity contribution in [1.82, 2.24) is 84.7 Å². The molecule has 0 spiro atoms. The first-order valence-corrected chi connectivity index (χ1v) is 47.2. The summed E-state index contributed by atoms with van der Waals surface area (Å²) in [5.74, 6) is 11.8. The van der Waals surface area contributed by atoms with Crippen molar-refractivity contribution in [2.24, 2.45) is 0 Å². The molecule has 23 heteroatoms. The number of pyridine rings is 2. The fourth-order valence-corrected chi connectivity index (χ4v) is 15.3. The van der Waals surface area contributed by atoms with Gasteiger partial charge in [-0.3, -0.25) is 4.98 Å². The molecular formula is C119H110N22O. The lowest BCUT2D eigenvalue weighted by atomic mass is 10.1. The number of methoxy groups -OCH3 is 1. The van der Waals surface area contributed by atoms with E-state index in [4.69, 9.17) is 34.6 Å². The third-order valence-electron chi connectivity index (χ3n) is 22.3. The SMILES string of the molecule is COc1cccc(Nc2nc(Cc3ccccc3)nc(Cc3ccccc3)n2)c1.Cc1ccc(Cc2nc(Cc3cccc(C)c3)nc(Nc3ccccc3C)n2)cc1.Cc1ccc(Cc2nc(Cc3ccccc3)nc(Nc3cccc(C)c3)n2)cc1.c1ccc(Cc2nc(Cc3ccccc3)nc(Nc3ccccn3)n2)cc1.c1ccc(Cc2nc(Cc3ccccc3)nc(Nc3ccncc3)n2)cc1. The Morgan fingerprint density at radius 1 is 0.197 bits per heavy atom. The van der Waals surface area contributed by atoms with Gasteiger partial charge in [0.15, 0.2) is 0 Å². The average molecular weight is 1860 g/mol. The van der Waals surface area contributed by atoms with E-state index in [9.17, 15) is 0 Å². The van der Waals surface area contributed by atoms with E-state index >= 15 is 0 Å². The fraction of sp³-hybridized carbons (Fsp3) is 0.134. The molecule has 13 aromatic carbocycles. The molecule has 20 aromatic rings. The molecule has 0 saturated carbocycles. The number of hydrogen-bond acceptors (Lipinski definition) is 23. The van der Waals surface area contributed by atoms with Crippen LogP contribution in [0.15, 0.2) is 407 Å². The van der Waals surface area contributed by atoms with Gasteiger partial charge in [0.2, 0.25) is 29.7 Å². The quantitative estimate of drug-likeness (QED) is 0.0270. The number of nitrogens with zero attached hydrogens (tertiary/aromatic N) is 17. The van der Waals surface area contributed by atoms with E-state index < -0.39 is 0 Å². The van der Waals surface area contributed by atoms with Crippen molar-refractivity contribution in [3.8, 4) is 5.75 Å². The van der Waals surface area contributed by atoms with Crippen LogP contribution in [0.25, 0.3) is 0 Å². The van der Waals surface area contributed by atoms with Gasteiger partial charge >= 0.3 is 0 Å². The van der Waals surface area contributed by atoms with E-state index in [2.05, 4.69) is 292 Å². The Balaban J connectivity index is 0.000000128. The van der Waals surface area contributed by atoms with Crippen LogP contribution >= 0.6 is 0 Å². The fourth-order valence-electron chi connectivity index (χ4n) is 15.3. The Labute approximate surface area is 829 Å². The first kappa shape index (κ1) is 97.1. The van der Waals surface area contributed by atoms with Gasteiger partial charge in [0.25, 0.3) is 0 Å². The Morgan fingerprint density at radius 3 is 0.810 bits per heavy atom. The molecule has 0 unspecified atom stereocenters. The van der Waals surface area contributed by atoms with Gasteiger partial charge < -0.3 is 31.3 Å². The lowest BCUT2D eigenvalue weighted by molar-refractivity contribution is 0.415. The van der Waals surface area contributed by atoms with E-state index in [1.54, 1.807) is 25.7 Å². The summed E-state index contributed by atoms with van der Waals surface area (Å²) in [6.45, 7) is 10.4. The second-order valence-electron chi connectivity index (χ2n) is 34.1. The van der Waals surface area contributed by atoms with E-state index in [0.717, 1.165) is 115 Å². The highest BCUT2D eigenvalue weighted by atomic mass is 16.5. The molecule has 0 bridgehead atoms. The maximum Gasteiger partial charge on any atom is 0.231 e. The summed E-state index contributed by atoms with van der Waals surface area (Å²) in [5, 5.41) is 16.5. The number of nitrogens with one attached hydrogen (secondary N) is 5. The number of para-hydroxylation sites is 1. The molecule has 0 saturated heterocycles. The van der Waals surface area contributed by atoms with Gasteiger partial charge in [0.05, 0.1) is 7.11 Å². The molecule has 0 amide bonds. The molecule has 5 N–H and O–H groups in total. The molecular weight excluding hydrogens is 1750 g/mol. The van der Waals surface area contributed by atoms with Gasteiger partial charge in [-0.05, 0) is 156 Å². The third kappa shape index (κ3) is 31.8. The summed E-state index contributed by atoms with van der Waals surface area (Å²) in [6.07, 6.45) is 11.8. The monoisotopic (exact) mass is 1860 g/mol. The van der Waals surface area contributed by atoms with Crippen LogP contribution in [-0.4, -0.2) is 91.8 Å². The largest absolute Gasteiger partial charge is 0.497 e. The van der Waals surface area contributed by atoms with Crippen LogP contribution in [0.3, 0.4) is 0 Å². The molecule has 7 heterocycles. The van der Waals surface area contributed by atoms with Gasteiger partial charge in [-0.25, -0.2) is 29.9 Å². The highest BCUT2D eigenvalue weighted by Crippen LogP contribution is 2.27. The maximum atomic E-state index is 5.30. The Kier molecular flexibility index (Phi) is 34.7. The Morgan fingerprint density at radius 2 is 0.479 bits per heavy atom. The molecule has 7 aromatic heterocycles. The zero-order valence-corrected chi connectivity index (χ0v) is 80.3. The minimum atomic E-state index is 0.514. The van der Waals surface area contributed by atoms with Crippen molar-refractivity contribution in [1.29, 1.82) is 0 Å². The van der Waals surface area contributed by atoms with Crippen LogP contribution in [-0.2, 0) is 64.2 Å². The van der Waals surface area contributed by atoms with Crippen molar-refractivity contribution < 1.29 is 4.74 Å². The predicted molar refractivity (Wildman–Crippen MR) is 566 cm³/mol. The summed E-state index contributed by atoms with van der Waals surface area (Å²) >= 11 is 0. The molecule has 0 fully saturated rings. The molecule has 0 atom stereocenters. The van der Waals surface area contributed by atoms with Crippen LogP contribution in [0.1, 0.15) is 142 Å². The van der Waals surface area contributed by atoms with Crippen molar-refractivity contribution in [2.75, 3.05) is 33.7 Å². The second kappa shape index (κ2) is 50.7. The zero-order valence-electron chi connectivity index (χ0n) is 80.3. The van der Waals surface area contributed by atoms with Crippen molar-refractivity contribution in [2.45, 2.75) is 98.8 Å². The first-order chi connectivity index (χ1) is 69.7. The normalized spacial score (nSPS) is 10.6. The number of benzene rings is 13. The van der Waals surface area contributed by atoms with Crippen molar-refractivity contribution in [3.05, 3.63) is 549 Å². The van der Waals surface area contributed by atoms with Crippen LogP contribution < -0.4 is 31.3 Å². The third-order valence-corrected chi connectivity index (χ3v) is 22.3. The summed E-state index contributed by atoms with van der Waals surface area (Å²) < 4.78 is 5.30. The minimum Gasteiger partial charge on any atom is -0.497 e. The summed E-state index contributed by atoms with van der Waals surface area (Å²) in [5.41, 5.74) is 21.6. The number of hydrogen-bond donors (Lipinski definition) is 5. The minimum absolute atomic E-state index is 0.514. The summed E-state index contributed by atoms with van der Waals surface area (Å²) in [7, 11) is 1.65. The molecule has 20 rings (SSSR count). The van der Waals surface area contributed by atoms with Crippen LogP contribution in [0.5, 0.6) is 5.75 Å². The molecule has 0 aliphatic carbocycles. The standard InChI is InChI=1S/C26H26N4.C25H24N4.C24H22N4O.2C22H19N5/c1-18-11-13-21(14-12-18)16-24-28-25(17-22-9-6-7-19(2)15-22)30-26(29-24)27-23-10-5-4-8-20(23)3;1-18-11-13-21(14-12-18)17-24-27-23(16-20-8-4-3-5-9-20)28-25(29-24)26-22-10-6-7-19(2)15-22;1-29-21-14-8-13-20(17-21)25-24-27-22(15-18-9-4-2-5-10-18)26-23(28-24)16-19-11-6-3-7-12-19;1-3-9-17(10-4-1)15-20-24-21(16-18-11-5-2-6-12-18)27-22(26-20)25-19-13-7-8-14-23-19;1-3-7-17(8-4-1)15-20-25-21(16-18-9-5-2-6-10-18)27-22(26-20)24-19-11-13-23-14-12-19/h4-15H,16-17H2,1-3H3,(H,27,28,29,30);3-15H,16-17H2,1-2H3,(H,26,27,28,29);2-14,17H,15-16H2,1H3,(H,25,26,27,28);2*1-14H,15-16H2,(H,23,24,25,26,27). The number of aromatic nitrogens is 17. The van der Waals surface area contributed by atoms with Crippen molar-refractivity contribution in [3.63, 3.8) is 0 Å². The van der Waals surface area contributed by atoms with Crippen LogP contribution in [0.2, 0.25) is 0 Å². The summed E-state index contributed by atoms with van der Waals surface area (Å²) in [6, 6.07) is 131. The second-order valence-corrected chi connectivity index (χ2v) is 34.1. The molecule has 23 nitrogen and oxygen atoms in total. The Hall–Kier alpha value is -18.0. The molecule has 142 heavy (non-hydrogen) atoms. The average Bonchev–Trinajstić information content (AvgIpc) is 0.843. The van der Waals surface area contributed by atoms with E-state index in [0.29, 0.717) is 99.8 Å². The van der Waals surface area contributed by atoms with Gasteiger partial charge in [-0.15, -0.1) is 0 Å². The summed E-state index contributed by atoms with van der Waals surface area (Å²) in [4.78, 5) is 78.4. The van der Waals surface area contributed by atoms with E-state index in [1.807, 2.05) is 212 Å². The molecule has 0 radical (unpaired) electrons. The molecule has 702 valence electrons. The first-order valence-electron chi connectivity index (χ1n) is 47.2. The number of anilines is 10. The van der Waals surface area contributed by atoms with Crippen LogP contribution in [0, 0.1) is 34.6 Å². The maximum absolute atomic E-state index is 5.30. The number of aryl methyl sites for hydroxylation is 5. The van der Waals surface area contributed by atoms with Gasteiger partial charge in [-0.1, -0.05) is 344 Å². The van der Waals surface area contributed by atoms with Gasteiger partial charge in [0, 0.05) is 112 Å². The van der Waals surface area contributed by atoms with E-state index in [1.165, 1.54) is 55.6 Å². The molecule has 0 aliphatic heterocycles. The van der Waals surface area contributed by atoms with Crippen molar-refractivity contribution >= 4 is 58.3 Å². The molecule has 0 aliphatic rings. The van der Waals surface area contributed by atoms with Gasteiger partial charge in [-0.2, -0.15) is 49.8 Å². The highest BCUT2D eigenvalue weighted by Gasteiger charge is 2.18. The zero-order chi connectivity index (χ0) is 97.5. The Bertz CT molecular complexity index is 6810. The van der Waals surface area contributed by atoms with E-state index in [-0.39, 0.29) is 0 Å². The number of rotatable bonds is 31. The lowest BCUT2D eigenvalue weighted by Gasteiger charge is -2.11. The lowest BCUT2D eigenvalue weighted by Crippen LogP contribution is -2.09. The predicted octanol–water partition coefficient (Wildman–Crippen LogP) is 24.3. The van der Waals surface area contributed by atoms with Gasteiger partial charge in [0.1, 0.15) is 69.8 Å². The van der Waals surface area contributed by atoms with Crippen LogP contribution in [0.4, 0.5) is 58.3 Å². The topological polar surface area (TPSA) is 289 Å². The smallest absolute Gasteiger partial charge is 0.231 e. The number of ether oxygens (including phenoxy) is 1. The highest BCUT2D eigenvalue weighted by molar-refractivity contribution is 5.60.